The fourth-order valence-electron chi connectivity index (χ4n) is 5.85. The summed E-state index contributed by atoms with van der Waals surface area (Å²) in [6, 6.07) is 34.3. The minimum absolute atomic E-state index is 0.00931. The van der Waals surface area contributed by atoms with E-state index >= 15 is 0 Å². The molecule has 1 fully saturated rings. The van der Waals surface area contributed by atoms with Crippen molar-refractivity contribution in [3.05, 3.63) is 131 Å². The summed E-state index contributed by atoms with van der Waals surface area (Å²) in [4.78, 5) is 29.8. The second-order valence-corrected chi connectivity index (χ2v) is 11.8. The number of hydrogen-bond acceptors (Lipinski definition) is 3. The van der Waals surface area contributed by atoms with Crippen LogP contribution < -0.4 is 5.32 Å². The molecule has 1 saturated carbocycles. The molecule has 6 rings (SSSR count). The number of fused-ring (bicyclic) bond motifs is 1. The summed E-state index contributed by atoms with van der Waals surface area (Å²) in [5.74, 6) is 0.999. The van der Waals surface area contributed by atoms with Gasteiger partial charge in [-0.3, -0.25) is 4.79 Å². The molecule has 5 heteroatoms. The molecule has 0 spiro atoms. The van der Waals surface area contributed by atoms with Crippen LogP contribution in [0.4, 0.5) is 0 Å². The average Bonchev–Trinajstić information content (AvgIpc) is 3.85. The first kappa shape index (κ1) is 29.8. The molecule has 1 aromatic heterocycles. The molecule has 218 valence electrons. The highest BCUT2D eigenvalue weighted by Crippen LogP contribution is 2.41. The number of aromatic nitrogens is 1. The SMILES string of the molecule is Cc1c(C)n(Cc2ccc(-c3ccccc3)cc2)c2ccc(C(=O)N[C@@H](c3cccc(C(C)C)c3)C3CC3)cc12.O=C=O. The third-order valence-electron chi connectivity index (χ3n) is 8.62. The molecule has 1 heterocycles. The molecule has 43 heavy (non-hydrogen) atoms. The van der Waals surface area contributed by atoms with Crippen molar-refractivity contribution >= 4 is 23.0 Å². The average molecular weight is 571 g/mol. The molecule has 0 radical (unpaired) electrons. The Balaban J connectivity index is 0.00000118. The first-order chi connectivity index (χ1) is 20.8. The summed E-state index contributed by atoms with van der Waals surface area (Å²) < 4.78 is 2.37. The first-order valence-corrected chi connectivity index (χ1v) is 14.9. The van der Waals surface area contributed by atoms with Crippen LogP contribution in [0, 0.1) is 19.8 Å². The predicted octanol–water partition coefficient (Wildman–Crippen LogP) is 8.39. The van der Waals surface area contributed by atoms with Gasteiger partial charge in [-0.2, -0.15) is 9.59 Å². The Morgan fingerprint density at radius 3 is 2.14 bits per heavy atom. The Bertz CT molecular complexity index is 1760. The van der Waals surface area contributed by atoms with Crippen molar-refractivity contribution in [2.45, 2.75) is 59.0 Å². The van der Waals surface area contributed by atoms with Gasteiger partial charge in [-0.1, -0.05) is 92.7 Å². The van der Waals surface area contributed by atoms with Crippen LogP contribution in [0.1, 0.15) is 77.0 Å². The molecule has 0 bridgehead atoms. The minimum atomic E-state index is 0.00931. The molecule has 0 saturated heterocycles. The van der Waals surface area contributed by atoms with Crippen LogP contribution in [0.3, 0.4) is 0 Å². The molecule has 5 nitrogen and oxygen atoms in total. The first-order valence-electron chi connectivity index (χ1n) is 14.9. The molecule has 5 aromatic rings. The van der Waals surface area contributed by atoms with E-state index in [4.69, 9.17) is 9.59 Å². The van der Waals surface area contributed by atoms with E-state index in [2.05, 4.69) is 123 Å². The zero-order valence-corrected chi connectivity index (χ0v) is 25.3. The van der Waals surface area contributed by atoms with E-state index in [1.807, 2.05) is 12.1 Å². The molecule has 4 aromatic carbocycles. The normalized spacial score (nSPS) is 13.2. The number of hydrogen-bond donors (Lipinski definition) is 1. The van der Waals surface area contributed by atoms with Gasteiger partial charge in [-0.05, 0) is 90.1 Å². The van der Waals surface area contributed by atoms with Crippen molar-refractivity contribution in [3.8, 4) is 11.1 Å². The second kappa shape index (κ2) is 13.1. The molecule has 0 aliphatic heterocycles. The molecule has 0 unspecified atom stereocenters. The Morgan fingerprint density at radius 2 is 1.49 bits per heavy atom. The third-order valence-corrected chi connectivity index (χ3v) is 8.62. The zero-order chi connectivity index (χ0) is 30.5. The fraction of sp³-hybridized carbons (Fsp3) is 0.263. The fourth-order valence-corrected chi connectivity index (χ4v) is 5.85. The van der Waals surface area contributed by atoms with E-state index in [9.17, 15) is 4.79 Å². The lowest BCUT2D eigenvalue weighted by atomic mass is 9.95. The van der Waals surface area contributed by atoms with Crippen LogP contribution in [-0.2, 0) is 16.1 Å². The number of nitrogens with one attached hydrogen (secondary N) is 1. The zero-order valence-electron chi connectivity index (χ0n) is 25.3. The van der Waals surface area contributed by atoms with E-state index in [0.29, 0.717) is 11.8 Å². The van der Waals surface area contributed by atoms with Crippen molar-refractivity contribution in [3.63, 3.8) is 0 Å². The van der Waals surface area contributed by atoms with Crippen LogP contribution in [-0.4, -0.2) is 16.6 Å². The molecular weight excluding hydrogens is 532 g/mol. The number of amides is 1. The van der Waals surface area contributed by atoms with Gasteiger partial charge < -0.3 is 9.88 Å². The Morgan fingerprint density at radius 1 is 0.837 bits per heavy atom. The maximum Gasteiger partial charge on any atom is 0.373 e. The molecule has 1 amide bonds. The lowest BCUT2D eigenvalue weighted by molar-refractivity contribution is -0.191. The van der Waals surface area contributed by atoms with Gasteiger partial charge in [0.2, 0.25) is 0 Å². The number of nitrogens with zero attached hydrogens (tertiary/aromatic N) is 1. The van der Waals surface area contributed by atoms with E-state index in [-0.39, 0.29) is 18.1 Å². The smallest absolute Gasteiger partial charge is 0.345 e. The van der Waals surface area contributed by atoms with Gasteiger partial charge in [-0.15, -0.1) is 0 Å². The van der Waals surface area contributed by atoms with Gasteiger partial charge in [0.1, 0.15) is 0 Å². The van der Waals surface area contributed by atoms with Crippen LogP contribution >= 0.6 is 0 Å². The van der Waals surface area contributed by atoms with E-state index < -0.39 is 0 Å². The van der Waals surface area contributed by atoms with Crippen molar-refractivity contribution in [1.82, 2.24) is 9.88 Å². The minimum Gasteiger partial charge on any atom is -0.345 e. The number of aryl methyl sites for hydroxylation is 1. The summed E-state index contributed by atoms with van der Waals surface area (Å²) in [6.07, 6.45) is 2.59. The van der Waals surface area contributed by atoms with Crippen LogP contribution in [0.15, 0.2) is 97.1 Å². The van der Waals surface area contributed by atoms with Gasteiger partial charge >= 0.3 is 6.15 Å². The van der Waals surface area contributed by atoms with E-state index in [1.165, 1.54) is 57.4 Å². The number of rotatable bonds is 8. The van der Waals surface area contributed by atoms with Crippen molar-refractivity contribution in [2.24, 2.45) is 5.92 Å². The van der Waals surface area contributed by atoms with Gasteiger partial charge in [0.05, 0.1) is 6.04 Å². The number of benzene rings is 4. The Labute approximate surface area is 253 Å². The van der Waals surface area contributed by atoms with Gasteiger partial charge in [0, 0.05) is 28.7 Å². The molecule has 1 atom stereocenters. The lowest BCUT2D eigenvalue weighted by Gasteiger charge is -2.20. The summed E-state index contributed by atoms with van der Waals surface area (Å²) in [7, 11) is 0. The maximum absolute atomic E-state index is 13.5. The van der Waals surface area contributed by atoms with E-state index in [1.54, 1.807) is 0 Å². The van der Waals surface area contributed by atoms with Crippen LogP contribution in [0.5, 0.6) is 0 Å². The van der Waals surface area contributed by atoms with Gasteiger partial charge in [-0.25, -0.2) is 0 Å². The summed E-state index contributed by atoms with van der Waals surface area (Å²) >= 11 is 0. The Hall–Kier alpha value is -4.73. The van der Waals surface area contributed by atoms with Gasteiger partial charge in [0.15, 0.2) is 0 Å². The molecule has 1 N–H and O–H groups in total. The highest BCUT2D eigenvalue weighted by Gasteiger charge is 2.34. The van der Waals surface area contributed by atoms with Crippen molar-refractivity contribution < 1.29 is 14.4 Å². The molecule has 1 aliphatic carbocycles. The lowest BCUT2D eigenvalue weighted by Crippen LogP contribution is -2.30. The monoisotopic (exact) mass is 570 g/mol. The maximum atomic E-state index is 13.5. The molecule has 1 aliphatic rings. The van der Waals surface area contributed by atoms with Crippen LogP contribution in [0.2, 0.25) is 0 Å². The summed E-state index contributed by atoms with van der Waals surface area (Å²) in [5, 5.41) is 4.55. The highest BCUT2D eigenvalue weighted by molar-refractivity contribution is 5.99. The standard InChI is InChI=1S/C37H38N2O.CO2/c1-24(2)31-11-8-12-32(21-31)36(30-17-18-30)38-37(40)33-19-20-35-34(22-33)25(3)26(4)39(35)23-27-13-15-29(16-14-27)28-9-6-5-7-10-28;2-1-3/h5-16,19-22,24,30,36H,17-18,23H2,1-4H3,(H,38,40);/t36-;/m1./s1. The topological polar surface area (TPSA) is 68.2 Å². The summed E-state index contributed by atoms with van der Waals surface area (Å²) in [5.41, 5.74) is 10.6. The van der Waals surface area contributed by atoms with Crippen molar-refractivity contribution in [2.75, 3.05) is 0 Å². The van der Waals surface area contributed by atoms with Gasteiger partial charge in [0.25, 0.3) is 5.91 Å². The predicted molar refractivity (Wildman–Crippen MR) is 171 cm³/mol. The summed E-state index contributed by atoms with van der Waals surface area (Å²) in [6.45, 7) is 9.58. The number of carbonyl (C=O) groups is 1. The Kier molecular flexibility index (Phi) is 9.04. The third kappa shape index (κ3) is 6.69. The van der Waals surface area contributed by atoms with Crippen molar-refractivity contribution in [1.29, 1.82) is 0 Å². The quantitative estimate of drug-likeness (QED) is 0.204. The van der Waals surface area contributed by atoms with E-state index in [0.717, 1.165) is 17.5 Å². The second-order valence-electron chi connectivity index (χ2n) is 11.8. The largest absolute Gasteiger partial charge is 0.373 e. The van der Waals surface area contributed by atoms with Crippen LogP contribution in [0.25, 0.3) is 22.0 Å². The molecular formula is C38H38N2O3. The highest BCUT2D eigenvalue weighted by atomic mass is 16.2. The number of carbonyl (C=O) groups excluding carboxylic acids is 3.